The maximum atomic E-state index is 12.5. The third kappa shape index (κ3) is 1.95. The van der Waals surface area contributed by atoms with Gasteiger partial charge in [0.15, 0.2) is 0 Å². The van der Waals surface area contributed by atoms with Crippen molar-refractivity contribution >= 4 is 27.0 Å². The molecule has 1 aromatic heterocycles. The first kappa shape index (κ1) is 11.1. The Balaban J connectivity index is 2.74. The minimum atomic E-state index is -4.47. The molecule has 0 aliphatic carbocycles. The number of hydrogen-bond donors (Lipinski definition) is 1. The van der Waals surface area contributed by atoms with E-state index in [1.54, 1.807) is 0 Å². The fourth-order valence-corrected chi connectivity index (χ4v) is 1.80. The molecule has 0 spiro atoms. The van der Waals surface area contributed by atoms with Gasteiger partial charge in [-0.1, -0.05) is 15.9 Å². The van der Waals surface area contributed by atoms with Crippen LogP contribution >= 0.6 is 15.9 Å². The lowest BCUT2D eigenvalue weighted by molar-refractivity contribution is -0.138. The van der Waals surface area contributed by atoms with Gasteiger partial charge in [-0.3, -0.25) is 0 Å². The number of aromatic hydroxyl groups is 1. The van der Waals surface area contributed by atoms with Crippen LogP contribution in [0.3, 0.4) is 0 Å². The predicted octanol–water partition coefficient (Wildman–Crippen LogP) is 3.12. The van der Waals surface area contributed by atoms with Crippen molar-refractivity contribution < 1.29 is 18.3 Å². The van der Waals surface area contributed by atoms with E-state index in [-0.39, 0.29) is 15.5 Å². The molecule has 0 atom stereocenters. The van der Waals surface area contributed by atoms with E-state index in [0.29, 0.717) is 0 Å². The minimum absolute atomic E-state index is 0.00414. The van der Waals surface area contributed by atoms with Crippen LogP contribution in [-0.4, -0.2) is 15.1 Å². The molecule has 2 aromatic rings. The maximum absolute atomic E-state index is 12.5. The first-order valence-corrected chi connectivity index (χ1v) is 4.89. The Bertz CT molecular complexity index is 556. The average Bonchev–Trinajstić information content (AvgIpc) is 2.16. The van der Waals surface area contributed by atoms with Crippen LogP contribution in [0.15, 0.2) is 22.8 Å². The summed E-state index contributed by atoms with van der Waals surface area (Å²) >= 11 is 2.82. The predicted molar refractivity (Wildman–Crippen MR) is 53.9 cm³/mol. The second kappa shape index (κ2) is 3.58. The largest absolute Gasteiger partial charge is 0.492 e. The Labute approximate surface area is 96.1 Å². The van der Waals surface area contributed by atoms with E-state index in [4.69, 9.17) is 5.11 Å². The van der Waals surface area contributed by atoms with E-state index >= 15 is 0 Å². The Morgan fingerprint density at radius 3 is 2.50 bits per heavy atom. The lowest BCUT2D eigenvalue weighted by Gasteiger charge is -2.09. The number of nitrogens with zero attached hydrogens (tertiary/aromatic N) is 2. The van der Waals surface area contributed by atoms with Gasteiger partial charge >= 0.3 is 6.18 Å². The van der Waals surface area contributed by atoms with Crippen molar-refractivity contribution in [3.63, 3.8) is 0 Å². The molecule has 0 aliphatic heterocycles. The maximum Gasteiger partial charge on any atom is 0.417 e. The molecule has 0 fully saturated rings. The van der Waals surface area contributed by atoms with Crippen molar-refractivity contribution in [2.24, 2.45) is 0 Å². The van der Waals surface area contributed by atoms with Crippen LogP contribution in [0.4, 0.5) is 13.2 Å². The third-order valence-electron chi connectivity index (χ3n) is 1.92. The average molecular weight is 293 g/mol. The highest BCUT2D eigenvalue weighted by molar-refractivity contribution is 9.10. The van der Waals surface area contributed by atoms with Crippen LogP contribution in [0.5, 0.6) is 5.88 Å². The second-order valence-corrected chi connectivity index (χ2v) is 3.90. The van der Waals surface area contributed by atoms with Gasteiger partial charge in [0.25, 0.3) is 0 Å². The van der Waals surface area contributed by atoms with Crippen LogP contribution in [0.2, 0.25) is 0 Å². The molecule has 2 rings (SSSR count). The molecule has 1 N–H and O–H groups in total. The summed E-state index contributed by atoms with van der Waals surface area (Å²) in [5, 5.41) is 9.03. The fourth-order valence-electron chi connectivity index (χ4n) is 1.24. The molecule has 3 nitrogen and oxygen atoms in total. The van der Waals surface area contributed by atoms with Crippen molar-refractivity contribution in [1.82, 2.24) is 9.97 Å². The van der Waals surface area contributed by atoms with Gasteiger partial charge in [-0.05, 0) is 12.1 Å². The van der Waals surface area contributed by atoms with Crippen LogP contribution in [0, 0.1) is 0 Å². The normalized spacial score (nSPS) is 12.0. The smallest absolute Gasteiger partial charge is 0.417 e. The Kier molecular flexibility index (Phi) is 2.49. The summed E-state index contributed by atoms with van der Waals surface area (Å²) in [7, 11) is 0. The van der Waals surface area contributed by atoms with Gasteiger partial charge in [0.2, 0.25) is 5.88 Å². The zero-order valence-electron chi connectivity index (χ0n) is 7.59. The lowest BCUT2D eigenvalue weighted by Crippen LogP contribution is -2.06. The molecular formula is C9H4BrF3N2O. The quantitative estimate of drug-likeness (QED) is 0.811. The molecule has 1 heterocycles. The standard InChI is InChI=1S/C9H4BrF3N2O/c10-5-2-6-7(15-8(16)3-14-6)1-4(5)9(11,12)13/h1-3H,(H,15,16). The van der Waals surface area contributed by atoms with Gasteiger partial charge in [-0.2, -0.15) is 13.2 Å². The van der Waals surface area contributed by atoms with Gasteiger partial charge in [0.1, 0.15) is 0 Å². The monoisotopic (exact) mass is 292 g/mol. The molecule has 1 aromatic carbocycles. The van der Waals surface area contributed by atoms with E-state index in [1.807, 2.05) is 0 Å². The van der Waals surface area contributed by atoms with Crippen molar-refractivity contribution in [2.45, 2.75) is 6.18 Å². The number of aromatic nitrogens is 2. The van der Waals surface area contributed by atoms with Gasteiger partial charge < -0.3 is 5.11 Å². The highest BCUT2D eigenvalue weighted by atomic mass is 79.9. The summed E-state index contributed by atoms with van der Waals surface area (Å²) in [6, 6.07) is 2.05. The summed E-state index contributed by atoms with van der Waals surface area (Å²) in [6.07, 6.45) is -3.40. The van der Waals surface area contributed by atoms with Gasteiger partial charge in [0, 0.05) is 4.47 Å². The second-order valence-electron chi connectivity index (χ2n) is 3.05. The number of halogens is 4. The molecule has 0 saturated heterocycles. The molecular weight excluding hydrogens is 289 g/mol. The molecule has 0 unspecified atom stereocenters. The molecule has 84 valence electrons. The van der Waals surface area contributed by atoms with Gasteiger partial charge in [-0.25, -0.2) is 9.97 Å². The molecule has 16 heavy (non-hydrogen) atoms. The highest BCUT2D eigenvalue weighted by Crippen LogP contribution is 2.36. The Morgan fingerprint density at radius 2 is 1.88 bits per heavy atom. The number of rotatable bonds is 0. The molecule has 0 radical (unpaired) electrons. The van der Waals surface area contributed by atoms with Crippen molar-refractivity contribution in [3.8, 4) is 5.88 Å². The summed E-state index contributed by atoms with van der Waals surface area (Å²) in [5.41, 5.74) is -0.576. The minimum Gasteiger partial charge on any atom is -0.492 e. The van der Waals surface area contributed by atoms with Crippen molar-refractivity contribution in [2.75, 3.05) is 0 Å². The van der Waals surface area contributed by atoms with Gasteiger partial charge in [0.05, 0.1) is 22.8 Å². The Morgan fingerprint density at radius 1 is 1.19 bits per heavy atom. The lowest BCUT2D eigenvalue weighted by atomic mass is 10.2. The van der Waals surface area contributed by atoms with E-state index in [0.717, 1.165) is 12.3 Å². The van der Waals surface area contributed by atoms with E-state index in [2.05, 4.69) is 25.9 Å². The highest BCUT2D eigenvalue weighted by Gasteiger charge is 2.33. The fraction of sp³-hybridized carbons (Fsp3) is 0.111. The van der Waals surface area contributed by atoms with Crippen LogP contribution < -0.4 is 0 Å². The first-order valence-electron chi connectivity index (χ1n) is 4.10. The van der Waals surface area contributed by atoms with Crippen molar-refractivity contribution in [1.29, 1.82) is 0 Å². The number of alkyl halides is 3. The Hall–Kier alpha value is -1.37. The summed E-state index contributed by atoms with van der Waals surface area (Å²) in [6.45, 7) is 0. The van der Waals surface area contributed by atoms with E-state index in [9.17, 15) is 13.2 Å². The summed E-state index contributed by atoms with van der Waals surface area (Å²) in [4.78, 5) is 7.32. The molecule has 0 aliphatic rings. The summed E-state index contributed by atoms with van der Waals surface area (Å²) in [5.74, 6) is -0.414. The summed E-state index contributed by atoms with van der Waals surface area (Å²) < 4.78 is 37.5. The number of fused-ring (bicyclic) bond motifs is 1. The van der Waals surface area contributed by atoms with Crippen LogP contribution in [0.25, 0.3) is 11.0 Å². The van der Waals surface area contributed by atoms with E-state index in [1.165, 1.54) is 6.07 Å². The molecule has 7 heteroatoms. The SMILES string of the molecule is Oc1cnc2cc(Br)c(C(F)(F)F)cc2n1. The zero-order valence-corrected chi connectivity index (χ0v) is 9.17. The molecule has 0 amide bonds. The van der Waals surface area contributed by atoms with Crippen molar-refractivity contribution in [3.05, 3.63) is 28.4 Å². The number of hydrogen-bond acceptors (Lipinski definition) is 3. The van der Waals surface area contributed by atoms with E-state index < -0.39 is 17.6 Å². The van der Waals surface area contributed by atoms with Crippen LogP contribution in [-0.2, 0) is 6.18 Å². The first-order chi connectivity index (χ1) is 7.38. The van der Waals surface area contributed by atoms with Gasteiger partial charge in [-0.15, -0.1) is 0 Å². The van der Waals surface area contributed by atoms with Crippen LogP contribution in [0.1, 0.15) is 5.56 Å². The molecule has 0 bridgehead atoms. The third-order valence-corrected chi connectivity index (χ3v) is 2.58. The number of benzene rings is 1. The molecule has 0 saturated carbocycles. The zero-order chi connectivity index (χ0) is 11.9. The topological polar surface area (TPSA) is 46.0 Å².